The zero-order valence-electron chi connectivity index (χ0n) is 9.76. The average molecular weight is 357 g/mol. The van der Waals surface area contributed by atoms with E-state index in [1.165, 1.54) is 4.90 Å². The van der Waals surface area contributed by atoms with Gasteiger partial charge in [-0.15, -0.1) is 23.7 Å². The van der Waals surface area contributed by atoms with Crippen LogP contribution >= 0.6 is 39.7 Å². The van der Waals surface area contributed by atoms with Gasteiger partial charge in [0, 0.05) is 21.8 Å². The van der Waals surface area contributed by atoms with Crippen molar-refractivity contribution < 1.29 is 9.59 Å². The van der Waals surface area contributed by atoms with Crippen molar-refractivity contribution in [2.24, 2.45) is 11.5 Å². The van der Waals surface area contributed by atoms with Crippen molar-refractivity contribution in [1.29, 1.82) is 0 Å². The SMILES string of the molecule is CN(Cc1cc(Br)cs1)C(=O)C(N)CC(N)=O.Cl. The predicted octanol–water partition coefficient (Wildman–Crippen LogP) is 1.09. The number of likely N-dealkylation sites (N-methyl/N-ethyl adjacent to an activating group) is 1. The van der Waals surface area contributed by atoms with Gasteiger partial charge in [0.2, 0.25) is 11.8 Å². The molecular weight excluding hydrogens is 342 g/mol. The lowest BCUT2D eigenvalue weighted by Gasteiger charge is -2.19. The van der Waals surface area contributed by atoms with Gasteiger partial charge in [-0.25, -0.2) is 0 Å². The van der Waals surface area contributed by atoms with E-state index in [1.807, 2.05) is 11.4 Å². The smallest absolute Gasteiger partial charge is 0.240 e. The summed E-state index contributed by atoms with van der Waals surface area (Å²) in [6.07, 6.45) is -0.128. The second-order valence-corrected chi connectivity index (χ2v) is 5.61. The first-order valence-corrected chi connectivity index (χ1v) is 6.59. The van der Waals surface area contributed by atoms with E-state index in [9.17, 15) is 9.59 Å². The third-order valence-electron chi connectivity index (χ3n) is 2.13. The highest BCUT2D eigenvalue weighted by atomic mass is 79.9. The van der Waals surface area contributed by atoms with Gasteiger partial charge < -0.3 is 16.4 Å². The van der Waals surface area contributed by atoms with Gasteiger partial charge in [-0.3, -0.25) is 9.59 Å². The van der Waals surface area contributed by atoms with Crippen LogP contribution in [0.4, 0.5) is 0 Å². The Morgan fingerprint density at radius 2 is 2.17 bits per heavy atom. The van der Waals surface area contributed by atoms with Crippen LogP contribution in [0.25, 0.3) is 0 Å². The van der Waals surface area contributed by atoms with Crippen LogP contribution in [0.1, 0.15) is 11.3 Å². The molecule has 0 aliphatic rings. The molecule has 0 fully saturated rings. The van der Waals surface area contributed by atoms with Crippen LogP contribution < -0.4 is 11.5 Å². The van der Waals surface area contributed by atoms with Gasteiger partial charge in [-0.1, -0.05) is 0 Å². The molecule has 0 radical (unpaired) electrons. The number of rotatable bonds is 5. The summed E-state index contributed by atoms with van der Waals surface area (Å²) in [6.45, 7) is 0.474. The zero-order valence-corrected chi connectivity index (χ0v) is 13.0. The molecule has 4 N–H and O–H groups in total. The molecule has 1 heterocycles. The van der Waals surface area contributed by atoms with Gasteiger partial charge in [0.15, 0.2) is 0 Å². The van der Waals surface area contributed by atoms with Gasteiger partial charge in [-0.05, 0) is 22.0 Å². The van der Waals surface area contributed by atoms with Crippen molar-refractivity contribution in [2.75, 3.05) is 7.05 Å². The van der Waals surface area contributed by atoms with E-state index in [1.54, 1.807) is 18.4 Å². The fourth-order valence-corrected chi connectivity index (χ4v) is 2.84. The third kappa shape index (κ3) is 5.34. The van der Waals surface area contributed by atoms with Gasteiger partial charge >= 0.3 is 0 Å². The van der Waals surface area contributed by atoms with Crippen LogP contribution in [-0.4, -0.2) is 29.8 Å². The van der Waals surface area contributed by atoms with Crippen molar-refractivity contribution in [2.45, 2.75) is 19.0 Å². The van der Waals surface area contributed by atoms with Crippen LogP contribution in [-0.2, 0) is 16.1 Å². The Morgan fingerprint density at radius 3 is 2.61 bits per heavy atom. The molecule has 0 aromatic carbocycles. The summed E-state index contributed by atoms with van der Waals surface area (Å²) in [5.74, 6) is -0.855. The highest BCUT2D eigenvalue weighted by Gasteiger charge is 2.20. The zero-order chi connectivity index (χ0) is 13.0. The molecule has 102 valence electrons. The Morgan fingerprint density at radius 1 is 1.56 bits per heavy atom. The molecule has 18 heavy (non-hydrogen) atoms. The number of primary amides is 1. The Balaban J connectivity index is 0.00000289. The lowest BCUT2D eigenvalue weighted by atomic mass is 10.2. The number of amides is 2. The largest absolute Gasteiger partial charge is 0.370 e. The van der Waals surface area contributed by atoms with Crippen LogP contribution in [0.2, 0.25) is 0 Å². The number of hydrogen-bond donors (Lipinski definition) is 2. The summed E-state index contributed by atoms with van der Waals surface area (Å²) in [7, 11) is 1.65. The van der Waals surface area contributed by atoms with E-state index in [4.69, 9.17) is 11.5 Å². The summed E-state index contributed by atoms with van der Waals surface area (Å²) in [4.78, 5) is 25.0. The Bertz CT molecular complexity index is 427. The van der Waals surface area contributed by atoms with Gasteiger partial charge in [0.05, 0.1) is 19.0 Å². The standard InChI is InChI=1S/C10H14BrN3O2S.ClH/c1-14(4-7-2-6(11)5-17-7)10(16)8(12)3-9(13)15;/h2,5,8H,3-4,12H2,1H3,(H2,13,15);1H. The van der Waals surface area contributed by atoms with Crippen LogP contribution in [0.5, 0.6) is 0 Å². The number of thiophene rings is 1. The van der Waals surface area contributed by atoms with Crippen molar-refractivity contribution in [1.82, 2.24) is 4.90 Å². The summed E-state index contributed by atoms with van der Waals surface area (Å²) < 4.78 is 0.986. The van der Waals surface area contributed by atoms with Gasteiger partial charge in [0.25, 0.3) is 0 Å². The molecule has 1 aromatic rings. The highest BCUT2D eigenvalue weighted by Crippen LogP contribution is 2.20. The van der Waals surface area contributed by atoms with E-state index in [-0.39, 0.29) is 24.7 Å². The van der Waals surface area contributed by atoms with Gasteiger partial charge in [-0.2, -0.15) is 0 Å². The molecule has 1 unspecified atom stereocenters. The van der Waals surface area contributed by atoms with Crippen molar-refractivity contribution in [3.05, 3.63) is 20.8 Å². The predicted molar refractivity (Wildman–Crippen MR) is 77.5 cm³/mol. The molecule has 1 aromatic heterocycles. The first kappa shape index (κ1) is 17.4. The second kappa shape index (κ2) is 7.73. The van der Waals surface area contributed by atoms with E-state index in [0.29, 0.717) is 6.54 Å². The quantitative estimate of drug-likeness (QED) is 0.827. The van der Waals surface area contributed by atoms with Crippen LogP contribution in [0.15, 0.2) is 15.9 Å². The fourth-order valence-electron chi connectivity index (χ4n) is 1.34. The Labute approximate surface area is 124 Å². The maximum atomic E-state index is 11.8. The normalized spacial score (nSPS) is 11.5. The number of hydrogen-bond acceptors (Lipinski definition) is 4. The Kier molecular flexibility index (Phi) is 7.46. The molecule has 0 bridgehead atoms. The molecule has 2 amide bonds. The van der Waals surface area contributed by atoms with E-state index in [2.05, 4.69) is 15.9 Å². The molecular formula is C10H15BrClN3O2S. The number of halogens is 2. The van der Waals surface area contributed by atoms with Crippen molar-refractivity contribution >= 4 is 51.5 Å². The molecule has 0 saturated heterocycles. The van der Waals surface area contributed by atoms with E-state index >= 15 is 0 Å². The number of nitrogens with zero attached hydrogens (tertiary/aromatic N) is 1. The topological polar surface area (TPSA) is 89.4 Å². The molecule has 5 nitrogen and oxygen atoms in total. The lowest BCUT2D eigenvalue weighted by Crippen LogP contribution is -2.43. The van der Waals surface area contributed by atoms with Gasteiger partial charge in [0.1, 0.15) is 0 Å². The first-order chi connectivity index (χ1) is 7.90. The fraction of sp³-hybridized carbons (Fsp3) is 0.400. The molecule has 1 rings (SSSR count). The molecule has 0 spiro atoms. The third-order valence-corrected chi connectivity index (χ3v) is 3.81. The van der Waals surface area contributed by atoms with Crippen molar-refractivity contribution in [3.63, 3.8) is 0 Å². The summed E-state index contributed by atoms with van der Waals surface area (Å²) in [5, 5.41) is 1.94. The second-order valence-electron chi connectivity index (χ2n) is 3.70. The molecule has 8 heteroatoms. The molecule has 1 atom stereocenters. The number of carbonyl (C=O) groups excluding carboxylic acids is 2. The Hall–Kier alpha value is -0.630. The van der Waals surface area contributed by atoms with Crippen LogP contribution in [0, 0.1) is 0 Å². The maximum absolute atomic E-state index is 11.8. The van der Waals surface area contributed by atoms with Crippen molar-refractivity contribution in [3.8, 4) is 0 Å². The summed E-state index contributed by atoms with van der Waals surface area (Å²) >= 11 is 4.89. The highest BCUT2D eigenvalue weighted by molar-refractivity contribution is 9.10. The van der Waals surface area contributed by atoms with Crippen LogP contribution in [0.3, 0.4) is 0 Å². The minimum Gasteiger partial charge on any atom is -0.370 e. The minimum absolute atomic E-state index is 0. The van der Waals surface area contributed by atoms with E-state index in [0.717, 1.165) is 9.35 Å². The molecule has 0 saturated carbocycles. The number of nitrogens with two attached hydrogens (primary N) is 2. The monoisotopic (exact) mass is 355 g/mol. The minimum atomic E-state index is -0.860. The summed E-state index contributed by atoms with van der Waals surface area (Å²) in [6, 6.07) is 1.08. The molecule has 0 aliphatic heterocycles. The lowest BCUT2D eigenvalue weighted by molar-refractivity contribution is -0.133. The average Bonchev–Trinajstić information content (AvgIpc) is 2.61. The van der Waals surface area contributed by atoms with E-state index < -0.39 is 11.9 Å². The maximum Gasteiger partial charge on any atom is 0.240 e. The first-order valence-electron chi connectivity index (χ1n) is 4.92. The summed E-state index contributed by atoms with van der Waals surface area (Å²) in [5.41, 5.74) is 10.6. The number of carbonyl (C=O) groups is 2. The molecule has 0 aliphatic carbocycles.